The number of nitrogens with zero attached hydrogens (tertiary/aromatic N) is 3. The van der Waals surface area contributed by atoms with Crippen LogP contribution in [0, 0.1) is 0 Å². The van der Waals surface area contributed by atoms with Gasteiger partial charge in [0.05, 0.1) is 23.1 Å². The lowest BCUT2D eigenvalue weighted by Gasteiger charge is -2.12. The second kappa shape index (κ2) is 9.26. The highest BCUT2D eigenvalue weighted by atomic mass is 127. The van der Waals surface area contributed by atoms with Crippen molar-refractivity contribution in [2.24, 2.45) is 12.0 Å². The summed E-state index contributed by atoms with van der Waals surface area (Å²) in [6.45, 7) is 0.832. The first kappa shape index (κ1) is 22.0. The molecular formula is C19H21F3IN5. The van der Waals surface area contributed by atoms with E-state index in [0.717, 1.165) is 34.6 Å². The van der Waals surface area contributed by atoms with Gasteiger partial charge in [-0.3, -0.25) is 4.99 Å². The minimum absolute atomic E-state index is 0. The quantitative estimate of drug-likeness (QED) is 0.321. The number of imidazole rings is 1. The van der Waals surface area contributed by atoms with E-state index < -0.39 is 11.7 Å². The van der Waals surface area contributed by atoms with E-state index in [0.29, 0.717) is 19.0 Å². The van der Waals surface area contributed by atoms with Crippen LogP contribution in [0.2, 0.25) is 0 Å². The van der Waals surface area contributed by atoms with Crippen LogP contribution < -0.4 is 10.6 Å². The molecular weight excluding hydrogens is 482 g/mol. The molecule has 28 heavy (non-hydrogen) atoms. The molecule has 2 N–H and O–H groups in total. The number of benzene rings is 2. The van der Waals surface area contributed by atoms with Crippen LogP contribution in [0.4, 0.5) is 13.2 Å². The Morgan fingerprint density at radius 1 is 1.04 bits per heavy atom. The van der Waals surface area contributed by atoms with Crippen molar-refractivity contribution in [1.29, 1.82) is 0 Å². The Labute approximate surface area is 178 Å². The first-order valence-electron chi connectivity index (χ1n) is 8.39. The molecule has 1 aromatic heterocycles. The third-order valence-corrected chi connectivity index (χ3v) is 4.26. The van der Waals surface area contributed by atoms with Gasteiger partial charge in [-0.25, -0.2) is 4.98 Å². The molecule has 0 saturated heterocycles. The molecule has 9 heteroatoms. The molecule has 0 unspecified atom stereocenters. The Morgan fingerprint density at radius 2 is 1.68 bits per heavy atom. The van der Waals surface area contributed by atoms with Gasteiger partial charge in [-0.2, -0.15) is 13.2 Å². The third-order valence-electron chi connectivity index (χ3n) is 4.26. The smallest absolute Gasteiger partial charge is 0.352 e. The summed E-state index contributed by atoms with van der Waals surface area (Å²) in [5, 5.41) is 6.26. The zero-order valence-electron chi connectivity index (χ0n) is 15.4. The Kier molecular flexibility index (Phi) is 7.28. The van der Waals surface area contributed by atoms with Crippen LogP contribution in [0.25, 0.3) is 11.0 Å². The number of hydrogen-bond acceptors (Lipinski definition) is 2. The monoisotopic (exact) mass is 503 g/mol. The molecule has 150 valence electrons. The van der Waals surface area contributed by atoms with E-state index in [9.17, 15) is 13.2 Å². The van der Waals surface area contributed by atoms with Crippen LogP contribution >= 0.6 is 24.0 Å². The van der Waals surface area contributed by atoms with Crippen LogP contribution in [-0.2, 0) is 26.3 Å². The molecule has 0 spiro atoms. The molecule has 1 heterocycles. The fraction of sp³-hybridized carbons (Fsp3) is 0.263. The second-order valence-corrected chi connectivity index (χ2v) is 6.05. The van der Waals surface area contributed by atoms with Crippen LogP contribution in [0.3, 0.4) is 0 Å². The van der Waals surface area contributed by atoms with E-state index in [2.05, 4.69) is 20.6 Å². The standard InChI is InChI=1S/C19H20F3N5.HI/c1-23-18(24-11-13-7-9-14(10-8-13)19(20,21)22)25-12-17-26-15-5-3-4-6-16(15)27(17)2;/h3-10H,11-12H2,1-2H3,(H2,23,24,25);1H. The first-order chi connectivity index (χ1) is 12.9. The summed E-state index contributed by atoms with van der Waals surface area (Å²) in [5.41, 5.74) is 2.04. The van der Waals surface area contributed by atoms with Crippen LogP contribution in [0.15, 0.2) is 53.5 Å². The topological polar surface area (TPSA) is 54.2 Å². The fourth-order valence-corrected chi connectivity index (χ4v) is 2.73. The van der Waals surface area contributed by atoms with Gasteiger partial charge in [0.15, 0.2) is 5.96 Å². The van der Waals surface area contributed by atoms with Gasteiger partial charge in [0, 0.05) is 20.6 Å². The minimum atomic E-state index is -4.32. The number of hydrogen-bond donors (Lipinski definition) is 2. The highest BCUT2D eigenvalue weighted by Gasteiger charge is 2.29. The number of rotatable bonds is 4. The number of halogens is 4. The van der Waals surface area contributed by atoms with Crippen LogP contribution in [0.1, 0.15) is 17.0 Å². The summed E-state index contributed by atoms with van der Waals surface area (Å²) in [6, 6.07) is 12.9. The molecule has 0 aliphatic heterocycles. The number of aryl methyl sites for hydroxylation is 1. The van der Waals surface area contributed by atoms with E-state index in [4.69, 9.17) is 0 Å². The van der Waals surface area contributed by atoms with E-state index >= 15 is 0 Å². The first-order valence-corrected chi connectivity index (χ1v) is 8.39. The Hall–Kier alpha value is -2.30. The van der Waals surface area contributed by atoms with Gasteiger partial charge in [-0.1, -0.05) is 24.3 Å². The normalized spacial score (nSPS) is 12.0. The number of alkyl halides is 3. The molecule has 5 nitrogen and oxygen atoms in total. The Bertz CT molecular complexity index is 948. The van der Waals surface area contributed by atoms with Crippen molar-refractivity contribution in [1.82, 2.24) is 20.2 Å². The molecule has 0 saturated carbocycles. The number of para-hydroxylation sites is 2. The van der Waals surface area contributed by atoms with Crippen LogP contribution in [-0.4, -0.2) is 22.6 Å². The van der Waals surface area contributed by atoms with Gasteiger partial charge < -0.3 is 15.2 Å². The van der Waals surface area contributed by atoms with Crippen molar-refractivity contribution < 1.29 is 13.2 Å². The fourth-order valence-electron chi connectivity index (χ4n) is 2.73. The molecule has 0 aliphatic carbocycles. The highest BCUT2D eigenvalue weighted by Crippen LogP contribution is 2.29. The lowest BCUT2D eigenvalue weighted by Crippen LogP contribution is -2.36. The van der Waals surface area contributed by atoms with Gasteiger partial charge >= 0.3 is 6.18 Å². The van der Waals surface area contributed by atoms with Crippen molar-refractivity contribution in [3.8, 4) is 0 Å². The largest absolute Gasteiger partial charge is 0.416 e. The molecule has 3 aromatic rings. The molecule has 0 bridgehead atoms. The van der Waals surface area contributed by atoms with Gasteiger partial charge in [-0.15, -0.1) is 24.0 Å². The summed E-state index contributed by atoms with van der Waals surface area (Å²) < 4.78 is 39.8. The van der Waals surface area contributed by atoms with Crippen molar-refractivity contribution in [2.75, 3.05) is 7.05 Å². The maximum Gasteiger partial charge on any atom is 0.416 e. The van der Waals surface area contributed by atoms with Crippen molar-refractivity contribution in [3.05, 3.63) is 65.5 Å². The molecule has 0 amide bonds. The Balaban J connectivity index is 0.00000280. The van der Waals surface area contributed by atoms with Gasteiger partial charge in [0.25, 0.3) is 0 Å². The predicted molar refractivity (Wildman–Crippen MR) is 115 cm³/mol. The lowest BCUT2D eigenvalue weighted by molar-refractivity contribution is -0.137. The zero-order valence-corrected chi connectivity index (χ0v) is 17.7. The summed E-state index contributed by atoms with van der Waals surface area (Å²) in [6.07, 6.45) is -4.32. The van der Waals surface area contributed by atoms with E-state index in [-0.39, 0.29) is 24.0 Å². The van der Waals surface area contributed by atoms with Gasteiger partial charge in [0.1, 0.15) is 5.82 Å². The number of guanidine groups is 1. The SMILES string of the molecule is CN=C(NCc1ccc(C(F)(F)F)cc1)NCc1nc2ccccc2n1C.I. The maximum absolute atomic E-state index is 12.6. The summed E-state index contributed by atoms with van der Waals surface area (Å²) >= 11 is 0. The molecule has 2 aromatic carbocycles. The van der Waals surface area contributed by atoms with Gasteiger partial charge in [-0.05, 0) is 29.8 Å². The van der Waals surface area contributed by atoms with Gasteiger partial charge in [0.2, 0.25) is 0 Å². The number of aromatic nitrogens is 2. The van der Waals surface area contributed by atoms with Crippen molar-refractivity contribution >= 4 is 41.0 Å². The average molecular weight is 503 g/mol. The number of fused-ring (bicyclic) bond motifs is 1. The molecule has 0 fully saturated rings. The van der Waals surface area contributed by atoms with E-state index in [1.807, 2.05) is 35.9 Å². The van der Waals surface area contributed by atoms with E-state index in [1.165, 1.54) is 12.1 Å². The molecule has 0 atom stereocenters. The minimum Gasteiger partial charge on any atom is -0.352 e. The second-order valence-electron chi connectivity index (χ2n) is 6.05. The molecule has 0 radical (unpaired) electrons. The molecule has 0 aliphatic rings. The predicted octanol–water partition coefficient (Wildman–Crippen LogP) is 4.08. The lowest BCUT2D eigenvalue weighted by atomic mass is 10.1. The zero-order chi connectivity index (χ0) is 19.4. The Morgan fingerprint density at radius 3 is 2.29 bits per heavy atom. The maximum atomic E-state index is 12.6. The van der Waals surface area contributed by atoms with Crippen LogP contribution in [0.5, 0.6) is 0 Å². The highest BCUT2D eigenvalue weighted by molar-refractivity contribution is 14.0. The van der Waals surface area contributed by atoms with E-state index in [1.54, 1.807) is 7.05 Å². The number of aliphatic imine (C=N–C) groups is 1. The summed E-state index contributed by atoms with van der Waals surface area (Å²) in [5.74, 6) is 1.40. The summed E-state index contributed by atoms with van der Waals surface area (Å²) in [4.78, 5) is 8.72. The average Bonchev–Trinajstić information content (AvgIpc) is 2.98. The third kappa shape index (κ3) is 5.15. The number of nitrogens with one attached hydrogen (secondary N) is 2. The van der Waals surface area contributed by atoms with Crippen molar-refractivity contribution in [2.45, 2.75) is 19.3 Å². The molecule has 3 rings (SSSR count). The van der Waals surface area contributed by atoms with Crippen molar-refractivity contribution in [3.63, 3.8) is 0 Å². The summed E-state index contributed by atoms with van der Waals surface area (Å²) in [7, 11) is 3.59.